The number of carbonyl (C=O) groups excluding carboxylic acids is 4. The molecule has 0 aliphatic carbocycles. The van der Waals surface area contributed by atoms with Crippen molar-refractivity contribution in [2.24, 2.45) is 0 Å². The summed E-state index contributed by atoms with van der Waals surface area (Å²) in [7, 11) is 2.38. The monoisotopic (exact) mass is 431 g/mol. The summed E-state index contributed by atoms with van der Waals surface area (Å²) < 4.78 is 19.8. The topological polar surface area (TPSA) is 121 Å². The second-order valence-electron chi connectivity index (χ2n) is 6.02. The quantitative estimate of drug-likeness (QED) is 0.467. The summed E-state index contributed by atoms with van der Waals surface area (Å²) in [5, 5.41) is 3.27. The van der Waals surface area contributed by atoms with E-state index in [0.29, 0.717) is 11.1 Å². The third-order valence-corrected chi connectivity index (χ3v) is 5.31. The molecule has 0 saturated heterocycles. The fraction of sp³-hybridized carbons (Fsp3) is 0.200. The van der Waals surface area contributed by atoms with Crippen LogP contribution in [0.15, 0.2) is 34.7 Å². The number of esters is 3. The van der Waals surface area contributed by atoms with E-state index < -0.39 is 30.4 Å². The average molecular weight is 431 g/mol. The van der Waals surface area contributed by atoms with Gasteiger partial charge in [0.1, 0.15) is 15.5 Å². The van der Waals surface area contributed by atoms with E-state index in [1.807, 2.05) is 0 Å². The number of benzene rings is 1. The van der Waals surface area contributed by atoms with Gasteiger partial charge in [-0.3, -0.25) is 4.79 Å². The molecule has 0 bridgehead atoms. The van der Waals surface area contributed by atoms with Crippen LogP contribution >= 0.6 is 11.3 Å². The molecule has 0 fully saturated rings. The summed E-state index contributed by atoms with van der Waals surface area (Å²) in [5.41, 5.74) is 0.856. The lowest BCUT2D eigenvalue weighted by Gasteiger charge is -2.06. The van der Waals surface area contributed by atoms with E-state index in [0.717, 1.165) is 16.7 Å². The Labute approximate surface area is 174 Å². The van der Waals surface area contributed by atoms with Crippen LogP contribution in [0, 0.1) is 6.92 Å². The van der Waals surface area contributed by atoms with Gasteiger partial charge < -0.3 is 23.9 Å². The van der Waals surface area contributed by atoms with E-state index in [-0.39, 0.29) is 21.2 Å². The van der Waals surface area contributed by atoms with Crippen molar-refractivity contribution in [2.75, 3.05) is 26.1 Å². The van der Waals surface area contributed by atoms with Crippen molar-refractivity contribution < 1.29 is 37.8 Å². The highest BCUT2D eigenvalue weighted by molar-refractivity contribution is 7.18. The molecule has 10 heteroatoms. The number of carbonyl (C=O) groups is 4. The zero-order valence-electron chi connectivity index (χ0n) is 16.3. The first kappa shape index (κ1) is 21.1. The largest absolute Gasteiger partial charge is 0.465 e. The highest BCUT2D eigenvalue weighted by Crippen LogP contribution is 2.34. The first-order valence-electron chi connectivity index (χ1n) is 8.61. The molecular formula is C20H17NO8S. The predicted molar refractivity (Wildman–Crippen MR) is 107 cm³/mol. The molecule has 0 radical (unpaired) electrons. The van der Waals surface area contributed by atoms with Gasteiger partial charge in [-0.05, 0) is 24.6 Å². The molecule has 1 N–H and O–H groups in total. The number of methoxy groups -OCH3 is 2. The lowest BCUT2D eigenvalue weighted by molar-refractivity contribution is -0.119. The average Bonchev–Trinajstić information content (AvgIpc) is 3.32. The fourth-order valence-corrected chi connectivity index (χ4v) is 3.81. The van der Waals surface area contributed by atoms with Crippen LogP contribution in [-0.2, 0) is 19.0 Å². The van der Waals surface area contributed by atoms with Crippen LogP contribution in [0.2, 0.25) is 0 Å². The van der Waals surface area contributed by atoms with Crippen molar-refractivity contribution in [1.82, 2.24) is 0 Å². The van der Waals surface area contributed by atoms with Crippen LogP contribution in [0.1, 0.15) is 36.1 Å². The normalized spacial score (nSPS) is 10.5. The van der Waals surface area contributed by atoms with Crippen LogP contribution in [0.3, 0.4) is 0 Å². The number of nitrogens with one attached hydrogen (secondary N) is 1. The minimum Gasteiger partial charge on any atom is -0.465 e. The van der Waals surface area contributed by atoms with Gasteiger partial charge in [-0.2, -0.15) is 0 Å². The summed E-state index contributed by atoms with van der Waals surface area (Å²) in [5.74, 6) is -2.94. The number of anilines is 1. The molecule has 2 heterocycles. The maximum atomic E-state index is 12.3. The first-order chi connectivity index (χ1) is 14.3. The highest BCUT2D eigenvalue weighted by Gasteiger charge is 2.27. The Morgan fingerprint density at radius 2 is 1.73 bits per heavy atom. The minimum absolute atomic E-state index is 0.0276. The summed E-state index contributed by atoms with van der Waals surface area (Å²) in [4.78, 5) is 48.5. The number of hydrogen-bond acceptors (Lipinski definition) is 9. The highest BCUT2D eigenvalue weighted by atomic mass is 32.1. The lowest BCUT2D eigenvalue weighted by atomic mass is 10.1. The zero-order chi connectivity index (χ0) is 21.8. The lowest BCUT2D eigenvalue weighted by Crippen LogP contribution is -2.21. The molecule has 0 saturated carbocycles. The molecular weight excluding hydrogens is 414 g/mol. The van der Waals surface area contributed by atoms with E-state index in [1.165, 1.54) is 27.2 Å². The number of fused-ring (bicyclic) bond motifs is 1. The van der Waals surface area contributed by atoms with Crippen molar-refractivity contribution in [1.29, 1.82) is 0 Å². The summed E-state index contributed by atoms with van der Waals surface area (Å²) in [6.07, 6.45) is 0. The molecule has 9 nitrogen and oxygen atoms in total. The van der Waals surface area contributed by atoms with Crippen molar-refractivity contribution in [3.8, 4) is 0 Å². The van der Waals surface area contributed by atoms with Crippen molar-refractivity contribution >= 4 is 51.1 Å². The van der Waals surface area contributed by atoms with Gasteiger partial charge in [0.2, 0.25) is 5.76 Å². The van der Waals surface area contributed by atoms with Gasteiger partial charge >= 0.3 is 17.9 Å². The number of furan rings is 1. The molecule has 30 heavy (non-hydrogen) atoms. The van der Waals surface area contributed by atoms with Crippen LogP contribution in [0.5, 0.6) is 0 Å². The van der Waals surface area contributed by atoms with Gasteiger partial charge in [0.15, 0.2) is 6.61 Å². The van der Waals surface area contributed by atoms with E-state index in [2.05, 4.69) is 10.1 Å². The second-order valence-corrected chi connectivity index (χ2v) is 7.04. The predicted octanol–water partition coefficient (Wildman–Crippen LogP) is 3.17. The standard InChI is InChI=1S/C20H17NO8S/c1-10-15(19(24)26-2)17(30-16(10)20(25)27-3)21-14(22)9-28-18(23)13-8-11-6-4-5-7-12(11)29-13/h4-8H,9H2,1-3H3,(H,21,22). The van der Waals surface area contributed by atoms with Crippen LogP contribution < -0.4 is 5.32 Å². The third kappa shape index (κ3) is 4.18. The smallest absolute Gasteiger partial charge is 0.374 e. The molecule has 0 aliphatic rings. The Morgan fingerprint density at radius 3 is 2.40 bits per heavy atom. The van der Waals surface area contributed by atoms with E-state index in [9.17, 15) is 19.2 Å². The Kier molecular flexibility index (Phi) is 6.17. The van der Waals surface area contributed by atoms with Gasteiger partial charge in [-0.25, -0.2) is 14.4 Å². The molecule has 0 atom stereocenters. The van der Waals surface area contributed by atoms with Gasteiger partial charge in [0.25, 0.3) is 5.91 Å². The second kappa shape index (κ2) is 8.78. The number of ether oxygens (including phenoxy) is 3. The van der Waals surface area contributed by atoms with Crippen molar-refractivity contribution in [3.63, 3.8) is 0 Å². The van der Waals surface area contributed by atoms with E-state index in [4.69, 9.17) is 13.9 Å². The maximum Gasteiger partial charge on any atom is 0.374 e. The molecule has 0 aliphatic heterocycles. The van der Waals surface area contributed by atoms with Crippen LogP contribution in [-0.4, -0.2) is 44.6 Å². The number of amides is 1. The number of hydrogen-bond donors (Lipinski definition) is 1. The van der Waals surface area contributed by atoms with Gasteiger partial charge in [-0.15, -0.1) is 11.3 Å². The molecule has 3 aromatic rings. The molecule has 0 spiro atoms. The summed E-state index contributed by atoms with van der Waals surface area (Å²) >= 11 is 0.858. The molecule has 2 aromatic heterocycles. The Balaban J connectivity index is 1.71. The summed E-state index contributed by atoms with van der Waals surface area (Å²) in [6.45, 7) is 0.910. The third-order valence-electron chi connectivity index (χ3n) is 4.12. The zero-order valence-corrected chi connectivity index (χ0v) is 17.1. The van der Waals surface area contributed by atoms with Gasteiger partial charge in [-0.1, -0.05) is 18.2 Å². The molecule has 0 unspecified atom stereocenters. The SMILES string of the molecule is COC(=O)c1sc(NC(=O)COC(=O)c2cc3ccccc3o2)c(C(=O)OC)c1C. The Hall–Kier alpha value is -3.66. The van der Waals surface area contributed by atoms with Crippen molar-refractivity contribution in [3.05, 3.63) is 52.1 Å². The number of thiophene rings is 1. The first-order valence-corrected chi connectivity index (χ1v) is 9.43. The number of para-hydroxylation sites is 1. The van der Waals surface area contributed by atoms with E-state index in [1.54, 1.807) is 24.3 Å². The van der Waals surface area contributed by atoms with Crippen LogP contribution in [0.25, 0.3) is 11.0 Å². The molecule has 3 rings (SSSR count). The fourth-order valence-electron chi connectivity index (χ4n) is 2.68. The summed E-state index contributed by atoms with van der Waals surface area (Å²) in [6, 6.07) is 8.54. The molecule has 1 amide bonds. The van der Waals surface area contributed by atoms with Crippen molar-refractivity contribution in [2.45, 2.75) is 6.92 Å². The Morgan fingerprint density at radius 1 is 1.03 bits per heavy atom. The minimum atomic E-state index is -0.813. The molecule has 156 valence electrons. The number of rotatable bonds is 6. The maximum absolute atomic E-state index is 12.3. The van der Waals surface area contributed by atoms with Gasteiger partial charge in [0, 0.05) is 5.39 Å². The van der Waals surface area contributed by atoms with E-state index >= 15 is 0 Å². The molecule has 1 aromatic carbocycles. The van der Waals surface area contributed by atoms with Gasteiger partial charge in [0.05, 0.1) is 19.8 Å². The van der Waals surface area contributed by atoms with Crippen LogP contribution in [0.4, 0.5) is 5.00 Å². The Bertz CT molecular complexity index is 1110.